The summed E-state index contributed by atoms with van der Waals surface area (Å²) < 4.78 is 0. The van der Waals surface area contributed by atoms with E-state index < -0.39 is 0 Å². The standard InChI is InChI=1S/C8H17NS/c1-8(2,3)7-6-10-5-4-9-7/h7,9H,4-6H2,1-3H3/t7-/m0/s1. The zero-order chi connectivity index (χ0) is 7.61. The largest absolute Gasteiger partial charge is 0.312 e. The third kappa shape index (κ3) is 2.17. The summed E-state index contributed by atoms with van der Waals surface area (Å²) in [5.74, 6) is 2.57. The van der Waals surface area contributed by atoms with Crippen molar-refractivity contribution in [2.45, 2.75) is 26.8 Å². The van der Waals surface area contributed by atoms with Crippen molar-refractivity contribution < 1.29 is 0 Å². The summed E-state index contributed by atoms with van der Waals surface area (Å²) in [6.45, 7) is 8.09. The molecule has 2 heteroatoms. The topological polar surface area (TPSA) is 12.0 Å². The second-order valence-electron chi connectivity index (χ2n) is 3.95. The van der Waals surface area contributed by atoms with Crippen LogP contribution < -0.4 is 5.32 Å². The van der Waals surface area contributed by atoms with Crippen LogP contribution in [-0.4, -0.2) is 24.1 Å². The van der Waals surface area contributed by atoms with Gasteiger partial charge in [0.1, 0.15) is 0 Å². The molecular weight excluding hydrogens is 142 g/mol. The molecule has 1 saturated heterocycles. The average Bonchev–Trinajstić information content (AvgIpc) is 1.88. The first kappa shape index (κ1) is 8.41. The molecule has 1 atom stereocenters. The molecule has 10 heavy (non-hydrogen) atoms. The lowest BCUT2D eigenvalue weighted by Gasteiger charge is -2.34. The van der Waals surface area contributed by atoms with Crippen LogP contribution in [0.1, 0.15) is 20.8 Å². The fourth-order valence-electron chi connectivity index (χ4n) is 1.12. The molecule has 0 amide bonds. The molecular formula is C8H17NS. The van der Waals surface area contributed by atoms with Crippen molar-refractivity contribution in [3.8, 4) is 0 Å². The first-order valence-corrected chi connectivity index (χ1v) is 5.07. The summed E-state index contributed by atoms with van der Waals surface area (Å²) in [6.07, 6.45) is 0. The number of rotatable bonds is 0. The quantitative estimate of drug-likeness (QED) is 0.578. The summed E-state index contributed by atoms with van der Waals surface area (Å²) in [6, 6.07) is 0.714. The van der Waals surface area contributed by atoms with Gasteiger partial charge in [0.15, 0.2) is 0 Å². The van der Waals surface area contributed by atoms with Crippen LogP contribution in [0.2, 0.25) is 0 Å². The van der Waals surface area contributed by atoms with E-state index in [1.807, 2.05) is 0 Å². The molecule has 1 heterocycles. The van der Waals surface area contributed by atoms with Gasteiger partial charge in [-0.15, -0.1) is 0 Å². The van der Waals surface area contributed by atoms with E-state index in [-0.39, 0.29) is 0 Å². The van der Waals surface area contributed by atoms with Gasteiger partial charge in [-0.1, -0.05) is 20.8 Å². The molecule has 0 aromatic carbocycles. The highest BCUT2D eigenvalue weighted by Gasteiger charge is 2.25. The third-order valence-electron chi connectivity index (χ3n) is 1.97. The maximum atomic E-state index is 3.54. The van der Waals surface area contributed by atoms with Gasteiger partial charge < -0.3 is 5.32 Å². The van der Waals surface area contributed by atoms with Crippen molar-refractivity contribution in [3.05, 3.63) is 0 Å². The second kappa shape index (κ2) is 3.14. The summed E-state index contributed by atoms with van der Waals surface area (Å²) in [7, 11) is 0. The van der Waals surface area contributed by atoms with Gasteiger partial charge in [0.25, 0.3) is 0 Å². The Hall–Kier alpha value is 0.310. The van der Waals surface area contributed by atoms with E-state index in [1.54, 1.807) is 0 Å². The van der Waals surface area contributed by atoms with Gasteiger partial charge in [-0.2, -0.15) is 11.8 Å². The highest BCUT2D eigenvalue weighted by Crippen LogP contribution is 2.24. The molecule has 1 fully saturated rings. The summed E-state index contributed by atoms with van der Waals surface area (Å²) in [5.41, 5.74) is 0.438. The van der Waals surface area contributed by atoms with Gasteiger partial charge >= 0.3 is 0 Å². The van der Waals surface area contributed by atoms with Gasteiger partial charge in [0, 0.05) is 24.1 Å². The number of thioether (sulfide) groups is 1. The SMILES string of the molecule is CC(C)(C)[C@@H]1CSCCN1. The number of hydrogen-bond donors (Lipinski definition) is 1. The molecule has 0 unspecified atom stereocenters. The lowest BCUT2D eigenvalue weighted by molar-refractivity contribution is 0.292. The Morgan fingerprint density at radius 3 is 2.40 bits per heavy atom. The fraction of sp³-hybridized carbons (Fsp3) is 1.00. The minimum absolute atomic E-state index is 0.438. The molecule has 0 aromatic rings. The Kier molecular flexibility index (Phi) is 2.64. The molecule has 1 aliphatic rings. The minimum Gasteiger partial charge on any atom is -0.312 e. The Morgan fingerprint density at radius 1 is 1.40 bits per heavy atom. The lowest BCUT2D eigenvalue weighted by Crippen LogP contribution is -2.46. The van der Waals surface area contributed by atoms with Crippen molar-refractivity contribution in [2.24, 2.45) is 5.41 Å². The van der Waals surface area contributed by atoms with Gasteiger partial charge in [0.2, 0.25) is 0 Å². The molecule has 1 N–H and O–H groups in total. The van der Waals surface area contributed by atoms with Gasteiger partial charge in [-0.25, -0.2) is 0 Å². The van der Waals surface area contributed by atoms with Crippen LogP contribution in [0.15, 0.2) is 0 Å². The van der Waals surface area contributed by atoms with Gasteiger partial charge in [-0.3, -0.25) is 0 Å². The zero-order valence-corrected chi connectivity index (χ0v) is 7.92. The first-order valence-electron chi connectivity index (χ1n) is 3.92. The Morgan fingerprint density at radius 2 is 2.10 bits per heavy atom. The highest BCUT2D eigenvalue weighted by molar-refractivity contribution is 7.99. The Bertz CT molecular complexity index is 100. The van der Waals surface area contributed by atoms with Crippen LogP contribution in [0, 0.1) is 5.41 Å². The van der Waals surface area contributed by atoms with E-state index in [4.69, 9.17) is 0 Å². The molecule has 1 aliphatic heterocycles. The van der Waals surface area contributed by atoms with Gasteiger partial charge in [0.05, 0.1) is 0 Å². The fourth-order valence-corrected chi connectivity index (χ4v) is 2.40. The van der Waals surface area contributed by atoms with Crippen LogP contribution in [-0.2, 0) is 0 Å². The second-order valence-corrected chi connectivity index (χ2v) is 5.10. The third-order valence-corrected chi connectivity index (χ3v) is 3.03. The highest BCUT2D eigenvalue weighted by atomic mass is 32.2. The van der Waals surface area contributed by atoms with Crippen molar-refractivity contribution in [1.29, 1.82) is 0 Å². The Labute approximate surface area is 68.0 Å². The van der Waals surface area contributed by atoms with E-state index >= 15 is 0 Å². The molecule has 1 nitrogen and oxygen atoms in total. The molecule has 0 bridgehead atoms. The number of nitrogens with one attached hydrogen (secondary N) is 1. The normalized spacial score (nSPS) is 28.5. The summed E-state index contributed by atoms with van der Waals surface area (Å²) in [5, 5.41) is 3.54. The zero-order valence-electron chi connectivity index (χ0n) is 7.11. The molecule has 60 valence electrons. The van der Waals surface area contributed by atoms with Gasteiger partial charge in [-0.05, 0) is 5.41 Å². The van der Waals surface area contributed by atoms with E-state index in [9.17, 15) is 0 Å². The molecule has 0 radical (unpaired) electrons. The molecule has 0 saturated carbocycles. The lowest BCUT2D eigenvalue weighted by atomic mass is 9.88. The first-order chi connectivity index (χ1) is 4.61. The summed E-state index contributed by atoms with van der Waals surface area (Å²) in [4.78, 5) is 0. The maximum Gasteiger partial charge on any atom is 0.0207 e. The average molecular weight is 159 g/mol. The monoisotopic (exact) mass is 159 g/mol. The van der Waals surface area contributed by atoms with E-state index in [0.717, 1.165) is 0 Å². The maximum absolute atomic E-state index is 3.54. The molecule has 0 aromatic heterocycles. The van der Waals surface area contributed by atoms with Crippen LogP contribution >= 0.6 is 11.8 Å². The van der Waals surface area contributed by atoms with Crippen LogP contribution in [0.3, 0.4) is 0 Å². The van der Waals surface area contributed by atoms with E-state index in [0.29, 0.717) is 11.5 Å². The number of hydrogen-bond acceptors (Lipinski definition) is 2. The van der Waals surface area contributed by atoms with Crippen LogP contribution in [0.25, 0.3) is 0 Å². The predicted molar refractivity (Wildman–Crippen MR) is 48.6 cm³/mol. The van der Waals surface area contributed by atoms with E-state index in [1.165, 1.54) is 18.1 Å². The Balaban J connectivity index is 2.39. The van der Waals surface area contributed by atoms with Crippen LogP contribution in [0.4, 0.5) is 0 Å². The van der Waals surface area contributed by atoms with Crippen molar-refractivity contribution in [1.82, 2.24) is 5.32 Å². The van der Waals surface area contributed by atoms with Crippen molar-refractivity contribution >= 4 is 11.8 Å². The van der Waals surface area contributed by atoms with Crippen LogP contribution in [0.5, 0.6) is 0 Å². The van der Waals surface area contributed by atoms with Crippen molar-refractivity contribution in [3.63, 3.8) is 0 Å². The smallest absolute Gasteiger partial charge is 0.0207 e. The molecule has 1 rings (SSSR count). The summed E-state index contributed by atoms with van der Waals surface area (Å²) >= 11 is 2.07. The molecule has 0 aliphatic carbocycles. The minimum atomic E-state index is 0.438. The molecule has 0 spiro atoms. The van der Waals surface area contributed by atoms with E-state index in [2.05, 4.69) is 37.8 Å². The predicted octanol–water partition coefficient (Wildman–Crippen LogP) is 1.74. The van der Waals surface area contributed by atoms with Crippen molar-refractivity contribution in [2.75, 3.05) is 18.1 Å².